The van der Waals surface area contributed by atoms with Crippen LogP contribution >= 0.6 is 15.9 Å². The molecule has 106 valence electrons. The Balaban J connectivity index is 1.81. The highest BCUT2D eigenvalue weighted by molar-refractivity contribution is 9.10. The van der Waals surface area contributed by atoms with Crippen molar-refractivity contribution in [1.82, 2.24) is 14.9 Å². The molecule has 1 aliphatic rings. The fourth-order valence-electron chi connectivity index (χ4n) is 2.74. The molecule has 1 saturated heterocycles. The summed E-state index contributed by atoms with van der Waals surface area (Å²) in [6.45, 7) is 2.11. The van der Waals surface area contributed by atoms with Crippen LogP contribution in [0.15, 0.2) is 28.9 Å². The third-order valence-corrected chi connectivity index (χ3v) is 4.50. The molecule has 4 nitrogen and oxygen atoms in total. The zero-order chi connectivity index (χ0) is 14.1. The minimum absolute atomic E-state index is 0.689. The molecule has 1 aromatic heterocycles. The van der Waals surface area contributed by atoms with E-state index in [0.717, 1.165) is 34.4 Å². The minimum Gasteiger partial charge on any atom is -0.355 e. The molecule has 20 heavy (non-hydrogen) atoms. The molecule has 0 bridgehead atoms. The lowest BCUT2D eigenvalue weighted by molar-refractivity contribution is 0.249. The number of anilines is 1. The van der Waals surface area contributed by atoms with Crippen molar-refractivity contribution in [1.29, 1.82) is 0 Å². The fourth-order valence-corrected chi connectivity index (χ4v) is 3.09. The summed E-state index contributed by atoms with van der Waals surface area (Å²) in [6, 6.07) is 6.71. The number of piperidine rings is 1. The zero-order valence-electron chi connectivity index (χ0n) is 11.9. The predicted molar refractivity (Wildman–Crippen MR) is 86.2 cm³/mol. The van der Waals surface area contributed by atoms with Crippen LogP contribution in [0.1, 0.15) is 12.8 Å². The Labute approximate surface area is 127 Å². The highest BCUT2D eigenvalue weighted by Gasteiger charge is 2.21. The van der Waals surface area contributed by atoms with Crippen molar-refractivity contribution in [3.05, 3.63) is 28.9 Å². The number of fused-ring (bicyclic) bond motifs is 1. The lowest BCUT2D eigenvalue weighted by Crippen LogP contribution is -2.42. The van der Waals surface area contributed by atoms with Crippen LogP contribution in [-0.4, -0.2) is 48.1 Å². The summed E-state index contributed by atoms with van der Waals surface area (Å²) in [5, 5.41) is 0. The topological polar surface area (TPSA) is 32.3 Å². The van der Waals surface area contributed by atoms with E-state index in [2.05, 4.69) is 44.8 Å². The van der Waals surface area contributed by atoms with Crippen molar-refractivity contribution in [2.75, 3.05) is 32.1 Å². The Morgan fingerprint density at radius 2 is 1.95 bits per heavy atom. The largest absolute Gasteiger partial charge is 0.355 e. The number of nitrogens with zero attached hydrogens (tertiary/aromatic N) is 4. The normalized spacial score (nSPS) is 17.1. The molecule has 0 saturated carbocycles. The molecule has 0 spiro atoms. The lowest BCUT2D eigenvalue weighted by atomic mass is 10.0. The third-order valence-electron chi connectivity index (χ3n) is 4.01. The first-order chi connectivity index (χ1) is 9.63. The van der Waals surface area contributed by atoms with Gasteiger partial charge in [-0.1, -0.05) is 15.9 Å². The second-order valence-electron chi connectivity index (χ2n) is 5.54. The maximum absolute atomic E-state index is 4.75. The maximum atomic E-state index is 4.75. The van der Waals surface area contributed by atoms with Crippen molar-refractivity contribution < 1.29 is 0 Å². The van der Waals surface area contributed by atoms with Gasteiger partial charge >= 0.3 is 0 Å². The third kappa shape index (κ3) is 2.79. The summed E-state index contributed by atoms with van der Waals surface area (Å²) in [7, 11) is 4.32. The van der Waals surface area contributed by atoms with E-state index in [-0.39, 0.29) is 0 Å². The molecule has 0 unspecified atom stereocenters. The summed E-state index contributed by atoms with van der Waals surface area (Å²) >= 11 is 3.49. The van der Waals surface area contributed by atoms with Gasteiger partial charge < -0.3 is 9.80 Å². The van der Waals surface area contributed by atoms with Gasteiger partial charge in [-0.05, 0) is 45.1 Å². The molecule has 5 heteroatoms. The smallest absolute Gasteiger partial charge is 0.147 e. The van der Waals surface area contributed by atoms with Crippen molar-refractivity contribution >= 4 is 32.8 Å². The second kappa shape index (κ2) is 5.66. The number of benzene rings is 1. The molecule has 1 fully saturated rings. The molecule has 2 heterocycles. The minimum atomic E-state index is 0.689. The van der Waals surface area contributed by atoms with Crippen molar-refractivity contribution in [2.24, 2.45) is 0 Å². The number of hydrogen-bond acceptors (Lipinski definition) is 4. The van der Waals surface area contributed by atoms with Gasteiger partial charge in [0.15, 0.2) is 0 Å². The van der Waals surface area contributed by atoms with E-state index in [9.17, 15) is 0 Å². The van der Waals surface area contributed by atoms with Crippen LogP contribution in [0.4, 0.5) is 5.82 Å². The van der Waals surface area contributed by atoms with Crippen LogP contribution in [0.25, 0.3) is 11.0 Å². The summed E-state index contributed by atoms with van der Waals surface area (Å²) in [4.78, 5) is 13.9. The lowest BCUT2D eigenvalue weighted by Gasteiger charge is -2.35. The second-order valence-corrected chi connectivity index (χ2v) is 6.46. The average Bonchev–Trinajstić information content (AvgIpc) is 2.46. The van der Waals surface area contributed by atoms with Crippen LogP contribution in [0.3, 0.4) is 0 Å². The van der Waals surface area contributed by atoms with E-state index in [4.69, 9.17) is 4.98 Å². The number of halogens is 1. The van der Waals surface area contributed by atoms with Gasteiger partial charge in [-0.2, -0.15) is 0 Å². The first-order valence-corrected chi connectivity index (χ1v) is 7.76. The quantitative estimate of drug-likeness (QED) is 0.845. The standard InChI is InChI=1S/C15H19BrN4/c1-19(2)12-5-7-20(8-6-12)15-10-17-13-4-3-11(16)9-14(13)18-15/h3-4,9-10,12H,5-8H2,1-2H3. The van der Waals surface area contributed by atoms with Crippen LogP contribution in [0, 0.1) is 0 Å². The summed E-state index contributed by atoms with van der Waals surface area (Å²) < 4.78 is 1.04. The van der Waals surface area contributed by atoms with Crippen LogP contribution in [-0.2, 0) is 0 Å². The molecule has 0 radical (unpaired) electrons. The van der Waals surface area contributed by atoms with Gasteiger partial charge in [-0.3, -0.25) is 4.98 Å². The Morgan fingerprint density at radius 3 is 2.65 bits per heavy atom. The highest BCUT2D eigenvalue weighted by Crippen LogP contribution is 2.23. The average molecular weight is 335 g/mol. The Morgan fingerprint density at radius 1 is 1.20 bits per heavy atom. The predicted octanol–water partition coefficient (Wildman–Crippen LogP) is 2.92. The maximum Gasteiger partial charge on any atom is 0.147 e. The van der Waals surface area contributed by atoms with Crippen LogP contribution < -0.4 is 4.90 Å². The van der Waals surface area contributed by atoms with Gasteiger partial charge in [-0.25, -0.2) is 4.98 Å². The molecule has 3 rings (SSSR count). The zero-order valence-corrected chi connectivity index (χ0v) is 13.5. The van der Waals surface area contributed by atoms with Gasteiger partial charge in [0, 0.05) is 23.6 Å². The van der Waals surface area contributed by atoms with Crippen molar-refractivity contribution in [2.45, 2.75) is 18.9 Å². The fraction of sp³-hybridized carbons (Fsp3) is 0.467. The summed E-state index contributed by atoms with van der Waals surface area (Å²) in [5.41, 5.74) is 1.90. The Kier molecular flexibility index (Phi) is 3.89. The van der Waals surface area contributed by atoms with Crippen LogP contribution in [0.5, 0.6) is 0 Å². The van der Waals surface area contributed by atoms with E-state index in [1.807, 2.05) is 24.4 Å². The van der Waals surface area contributed by atoms with Crippen molar-refractivity contribution in [3.63, 3.8) is 0 Å². The van der Waals surface area contributed by atoms with E-state index >= 15 is 0 Å². The van der Waals surface area contributed by atoms with Crippen molar-refractivity contribution in [3.8, 4) is 0 Å². The highest BCUT2D eigenvalue weighted by atomic mass is 79.9. The molecule has 1 aliphatic heterocycles. The summed E-state index contributed by atoms with van der Waals surface area (Å²) in [6.07, 6.45) is 4.27. The van der Waals surface area contributed by atoms with Gasteiger partial charge in [0.2, 0.25) is 0 Å². The monoisotopic (exact) mass is 334 g/mol. The molecule has 0 aliphatic carbocycles. The van der Waals surface area contributed by atoms with E-state index in [0.29, 0.717) is 6.04 Å². The molecule has 2 aromatic rings. The van der Waals surface area contributed by atoms with E-state index in [1.165, 1.54) is 12.8 Å². The Hall–Kier alpha value is -1.20. The first-order valence-electron chi connectivity index (χ1n) is 6.97. The molecular formula is C15H19BrN4. The summed E-state index contributed by atoms with van der Waals surface area (Å²) in [5.74, 6) is 0.993. The number of rotatable bonds is 2. The number of hydrogen-bond donors (Lipinski definition) is 0. The van der Waals surface area contributed by atoms with Crippen LogP contribution in [0.2, 0.25) is 0 Å². The first kappa shape index (κ1) is 13.8. The van der Waals surface area contributed by atoms with Gasteiger partial charge in [0.25, 0.3) is 0 Å². The SMILES string of the molecule is CN(C)C1CCN(c2cnc3ccc(Br)cc3n2)CC1. The molecule has 1 aromatic carbocycles. The molecule has 0 amide bonds. The molecular weight excluding hydrogens is 316 g/mol. The van der Waals surface area contributed by atoms with E-state index < -0.39 is 0 Å². The van der Waals surface area contributed by atoms with Gasteiger partial charge in [0.05, 0.1) is 17.2 Å². The van der Waals surface area contributed by atoms with Gasteiger partial charge in [0.1, 0.15) is 5.82 Å². The number of aromatic nitrogens is 2. The van der Waals surface area contributed by atoms with Gasteiger partial charge in [-0.15, -0.1) is 0 Å². The Bertz CT molecular complexity index is 606. The molecule has 0 N–H and O–H groups in total. The van der Waals surface area contributed by atoms with E-state index in [1.54, 1.807) is 0 Å². The molecule has 0 atom stereocenters.